The van der Waals surface area contributed by atoms with Gasteiger partial charge in [0.2, 0.25) is 0 Å². The molecule has 1 saturated carbocycles. The van der Waals surface area contributed by atoms with Gasteiger partial charge in [0.25, 0.3) is 0 Å². The van der Waals surface area contributed by atoms with Crippen LogP contribution in [0, 0.1) is 0 Å². The SMILES string of the molecule is CN1CCN(Cc2nnc(C3CCN(C4CCCCC4)CC3)n2C)CC1. The van der Waals surface area contributed by atoms with Crippen LogP contribution in [0.4, 0.5) is 0 Å². The van der Waals surface area contributed by atoms with Crippen LogP contribution in [0.15, 0.2) is 0 Å². The summed E-state index contributed by atoms with van der Waals surface area (Å²) in [5.41, 5.74) is 0. The third-order valence-corrected chi connectivity index (χ3v) is 6.95. The van der Waals surface area contributed by atoms with Gasteiger partial charge in [0, 0.05) is 45.2 Å². The quantitative estimate of drug-likeness (QED) is 0.822. The molecule has 3 fully saturated rings. The van der Waals surface area contributed by atoms with Crippen LogP contribution in [-0.4, -0.2) is 81.8 Å². The first-order valence-corrected chi connectivity index (χ1v) is 10.7. The van der Waals surface area contributed by atoms with Gasteiger partial charge in [-0.1, -0.05) is 19.3 Å². The van der Waals surface area contributed by atoms with Gasteiger partial charge in [0.05, 0.1) is 6.54 Å². The third-order valence-electron chi connectivity index (χ3n) is 6.95. The molecule has 6 heteroatoms. The number of rotatable bonds is 4. The second-order valence-corrected chi connectivity index (χ2v) is 8.71. The summed E-state index contributed by atoms with van der Waals surface area (Å²) in [6, 6.07) is 0.858. The average Bonchev–Trinajstić information content (AvgIpc) is 3.05. The number of piperidine rings is 1. The van der Waals surface area contributed by atoms with Crippen molar-refractivity contribution in [1.82, 2.24) is 29.5 Å². The van der Waals surface area contributed by atoms with Gasteiger partial charge < -0.3 is 14.4 Å². The fraction of sp³-hybridized carbons (Fsp3) is 0.900. The first-order valence-electron chi connectivity index (χ1n) is 10.7. The lowest BCUT2D eigenvalue weighted by molar-refractivity contribution is 0.120. The van der Waals surface area contributed by atoms with Crippen molar-refractivity contribution in [2.75, 3.05) is 46.3 Å². The zero-order valence-corrected chi connectivity index (χ0v) is 16.7. The molecule has 1 aromatic rings. The number of likely N-dealkylation sites (N-methyl/N-ethyl adjacent to an activating group) is 1. The summed E-state index contributed by atoms with van der Waals surface area (Å²) in [7, 11) is 4.38. The topological polar surface area (TPSA) is 40.4 Å². The molecule has 0 spiro atoms. The number of aromatic nitrogens is 3. The molecule has 6 nitrogen and oxygen atoms in total. The lowest BCUT2D eigenvalue weighted by atomic mass is 9.90. The molecule has 26 heavy (non-hydrogen) atoms. The van der Waals surface area contributed by atoms with Crippen molar-refractivity contribution in [2.45, 2.75) is 63.5 Å². The normalized spacial score (nSPS) is 25.8. The van der Waals surface area contributed by atoms with Gasteiger partial charge in [-0.3, -0.25) is 4.90 Å². The Balaban J connectivity index is 1.32. The van der Waals surface area contributed by atoms with Crippen molar-refractivity contribution >= 4 is 0 Å². The Hall–Kier alpha value is -0.980. The molecular weight excluding hydrogens is 324 g/mol. The predicted octanol–water partition coefficient (Wildman–Crippen LogP) is 2.07. The van der Waals surface area contributed by atoms with E-state index in [0.29, 0.717) is 5.92 Å². The van der Waals surface area contributed by atoms with Crippen LogP contribution in [0.5, 0.6) is 0 Å². The van der Waals surface area contributed by atoms with Gasteiger partial charge in [-0.05, 0) is 45.8 Å². The summed E-state index contributed by atoms with van der Waals surface area (Å²) in [6.07, 6.45) is 9.65. The fourth-order valence-electron chi connectivity index (χ4n) is 5.04. The maximum Gasteiger partial charge on any atom is 0.146 e. The van der Waals surface area contributed by atoms with Gasteiger partial charge in [-0.15, -0.1) is 10.2 Å². The summed E-state index contributed by atoms with van der Waals surface area (Å²) in [5, 5.41) is 9.17. The minimum atomic E-state index is 0.591. The first kappa shape index (κ1) is 18.4. The van der Waals surface area contributed by atoms with Crippen molar-refractivity contribution in [2.24, 2.45) is 7.05 Å². The van der Waals surface area contributed by atoms with Gasteiger partial charge in [0.15, 0.2) is 0 Å². The minimum Gasteiger partial charge on any atom is -0.317 e. The van der Waals surface area contributed by atoms with Crippen LogP contribution in [0.1, 0.15) is 62.5 Å². The van der Waals surface area contributed by atoms with E-state index in [9.17, 15) is 0 Å². The van der Waals surface area contributed by atoms with E-state index in [1.807, 2.05) is 0 Å². The van der Waals surface area contributed by atoms with Gasteiger partial charge in [0.1, 0.15) is 11.6 Å². The van der Waals surface area contributed by atoms with E-state index in [1.54, 1.807) is 0 Å². The van der Waals surface area contributed by atoms with E-state index in [2.05, 4.69) is 43.6 Å². The monoisotopic (exact) mass is 360 g/mol. The summed E-state index contributed by atoms with van der Waals surface area (Å²) in [5.74, 6) is 2.95. The van der Waals surface area contributed by atoms with Crippen LogP contribution in [0.3, 0.4) is 0 Å². The molecule has 0 atom stereocenters. The molecule has 0 N–H and O–H groups in total. The zero-order chi connectivity index (χ0) is 17.9. The highest BCUT2D eigenvalue weighted by molar-refractivity contribution is 5.04. The van der Waals surface area contributed by atoms with Crippen molar-refractivity contribution in [3.05, 3.63) is 11.6 Å². The van der Waals surface area contributed by atoms with Crippen LogP contribution in [0.25, 0.3) is 0 Å². The molecular formula is C20H36N6. The zero-order valence-electron chi connectivity index (χ0n) is 16.7. The Morgan fingerprint density at radius 3 is 2.19 bits per heavy atom. The highest BCUT2D eigenvalue weighted by Crippen LogP contribution is 2.31. The molecule has 0 amide bonds. The molecule has 2 saturated heterocycles. The number of piperazine rings is 1. The van der Waals surface area contributed by atoms with Gasteiger partial charge in [-0.25, -0.2) is 0 Å². The smallest absolute Gasteiger partial charge is 0.146 e. The highest BCUT2D eigenvalue weighted by atomic mass is 15.3. The molecule has 0 radical (unpaired) electrons. The largest absolute Gasteiger partial charge is 0.317 e. The number of hydrogen-bond donors (Lipinski definition) is 0. The lowest BCUT2D eigenvalue weighted by Gasteiger charge is -2.39. The minimum absolute atomic E-state index is 0.591. The van der Waals surface area contributed by atoms with Crippen LogP contribution in [-0.2, 0) is 13.6 Å². The van der Waals surface area contributed by atoms with Gasteiger partial charge in [-0.2, -0.15) is 0 Å². The predicted molar refractivity (Wildman–Crippen MR) is 104 cm³/mol. The van der Waals surface area contributed by atoms with Crippen LogP contribution < -0.4 is 0 Å². The molecule has 0 unspecified atom stereocenters. The van der Waals surface area contributed by atoms with Crippen molar-refractivity contribution < 1.29 is 0 Å². The molecule has 0 bridgehead atoms. The molecule has 0 aromatic carbocycles. The van der Waals surface area contributed by atoms with Crippen LogP contribution in [0.2, 0.25) is 0 Å². The highest BCUT2D eigenvalue weighted by Gasteiger charge is 2.29. The van der Waals surface area contributed by atoms with Crippen molar-refractivity contribution in [1.29, 1.82) is 0 Å². The van der Waals surface area contributed by atoms with Crippen molar-refractivity contribution in [3.8, 4) is 0 Å². The number of likely N-dealkylation sites (tertiary alicyclic amines) is 1. The molecule has 4 rings (SSSR count). The summed E-state index contributed by atoms with van der Waals surface area (Å²) < 4.78 is 2.29. The molecule has 2 aliphatic heterocycles. The van der Waals surface area contributed by atoms with Gasteiger partial charge >= 0.3 is 0 Å². The second-order valence-electron chi connectivity index (χ2n) is 8.71. The second kappa shape index (κ2) is 8.36. The first-order chi connectivity index (χ1) is 12.7. The van der Waals surface area contributed by atoms with E-state index >= 15 is 0 Å². The van der Waals surface area contributed by atoms with E-state index in [0.717, 1.165) is 44.6 Å². The standard InChI is InChI=1S/C20H36N6/c1-23-12-14-25(15-13-23)16-19-21-22-20(24(19)2)17-8-10-26(11-9-17)18-6-4-3-5-7-18/h17-18H,3-16H2,1-2H3. The van der Waals surface area contributed by atoms with E-state index in [4.69, 9.17) is 0 Å². The maximum absolute atomic E-state index is 4.61. The Morgan fingerprint density at radius 1 is 0.808 bits per heavy atom. The lowest BCUT2D eigenvalue weighted by Crippen LogP contribution is -2.44. The maximum atomic E-state index is 4.61. The Morgan fingerprint density at radius 2 is 1.50 bits per heavy atom. The van der Waals surface area contributed by atoms with E-state index in [1.165, 1.54) is 63.9 Å². The van der Waals surface area contributed by atoms with E-state index < -0.39 is 0 Å². The summed E-state index contributed by atoms with van der Waals surface area (Å²) in [6.45, 7) is 8.02. The van der Waals surface area contributed by atoms with Crippen molar-refractivity contribution in [3.63, 3.8) is 0 Å². The fourth-order valence-corrected chi connectivity index (χ4v) is 5.04. The molecule has 3 heterocycles. The molecule has 1 aromatic heterocycles. The Kier molecular flexibility index (Phi) is 5.91. The molecule has 1 aliphatic carbocycles. The Bertz CT molecular complexity index is 563. The summed E-state index contributed by atoms with van der Waals surface area (Å²) >= 11 is 0. The molecule has 3 aliphatic rings. The Labute approximate surface area is 158 Å². The van der Waals surface area contributed by atoms with Crippen LogP contribution >= 0.6 is 0 Å². The molecule has 146 valence electrons. The van der Waals surface area contributed by atoms with E-state index in [-0.39, 0.29) is 0 Å². The summed E-state index contributed by atoms with van der Waals surface area (Å²) in [4.78, 5) is 7.68. The average molecular weight is 361 g/mol. The number of nitrogens with zero attached hydrogens (tertiary/aromatic N) is 6. The number of hydrogen-bond acceptors (Lipinski definition) is 5. The third kappa shape index (κ3) is 4.12.